The third kappa shape index (κ3) is 2.17. The van der Waals surface area contributed by atoms with Crippen molar-refractivity contribution >= 4 is 37.5 Å². The minimum absolute atomic E-state index is 0.0428. The summed E-state index contributed by atoms with van der Waals surface area (Å²) in [6.45, 7) is 0. The van der Waals surface area contributed by atoms with Gasteiger partial charge >= 0.3 is 0 Å². The summed E-state index contributed by atoms with van der Waals surface area (Å²) in [6, 6.07) is 0. The van der Waals surface area contributed by atoms with Gasteiger partial charge in [0.25, 0.3) is 6.43 Å². The van der Waals surface area contributed by atoms with E-state index in [-0.39, 0.29) is 11.4 Å². The van der Waals surface area contributed by atoms with E-state index in [9.17, 15) is 8.78 Å². The largest absolute Gasteiger partial charge is 0.397 e. The topological polar surface area (TPSA) is 38.9 Å². The van der Waals surface area contributed by atoms with Gasteiger partial charge < -0.3 is 5.73 Å². The fourth-order valence-corrected chi connectivity index (χ4v) is 2.30. The van der Waals surface area contributed by atoms with Crippen molar-refractivity contribution in [3.63, 3.8) is 0 Å². The minimum Gasteiger partial charge on any atom is -0.397 e. The van der Waals surface area contributed by atoms with Crippen LogP contribution in [-0.2, 0) is 5.33 Å². The maximum absolute atomic E-state index is 12.3. The van der Waals surface area contributed by atoms with Crippen LogP contribution in [0, 0.1) is 0 Å². The highest BCUT2D eigenvalue weighted by atomic mass is 79.9. The fraction of sp³-hybridized carbons (Fsp3) is 0.286. The van der Waals surface area contributed by atoms with Crippen LogP contribution in [0.25, 0.3) is 0 Å². The number of nitrogens with zero attached hydrogens (tertiary/aromatic N) is 1. The second-order valence-electron chi connectivity index (χ2n) is 2.32. The Balaban J connectivity index is 3.27. The SMILES string of the molecule is Nc1c(C(F)F)ncc(Br)c1CBr. The molecule has 0 saturated carbocycles. The van der Waals surface area contributed by atoms with E-state index in [0.717, 1.165) is 0 Å². The number of hydrogen-bond acceptors (Lipinski definition) is 2. The maximum atomic E-state index is 12.3. The Kier molecular flexibility index (Phi) is 3.61. The molecule has 0 atom stereocenters. The van der Waals surface area contributed by atoms with Crippen LogP contribution in [0.5, 0.6) is 0 Å². The van der Waals surface area contributed by atoms with E-state index in [2.05, 4.69) is 36.8 Å². The highest BCUT2D eigenvalue weighted by Crippen LogP contribution is 2.31. The number of nitrogens with two attached hydrogens (primary N) is 1. The first-order valence-corrected chi connectivity index (χ1v) is 5.26. The minimum atomic E-state index is -2.63. The van der Waals surface area contributed by atoms with Gasteiger partial charge in [-0.15, -0.1) is 0 Å². The van der Waals surface area contributed by atoms with Gasteiger partial charge in [-0.05, 0) is 15.9 Å². The second-order valence-corrected chi connectivity index (χ2v) is 3.73. The Morgan fingerprint density at radius 3 is 2.62 bits per heavy atom. The normalized spacial score (nSPS) is 10.8. The summed E-state index contributed by atoms with van der Waals surface area (Å²) in [5.41, 5.74) is 5.77. The molecule has 1 aromatic rings. The van der Waals surface area contributed by atoms with Crippen LogP contribution in [0.2, 0.25) is 0 Å². The van der Waals surface area contributed by atoms with Crippen molar-refractivity contribution in [1.29, 1.82) is 0 Å². The highest BCUT2D eigenvalue weighted by Gasteiger charge is 2.17. The molecule has 1 aromatic heterocycles. The summed E-state index contributed by atoms with van der Waals surface area (Å²) >= 11 is 6.33. The Morgan fingerprint density at radius 2 is 2.15 bits per heavy atom. The third-order valence-electron chi connectivity index (χ3n) is 1.55. The smallest absolute Gasteiger partial charge is 0.282 e. The Morgan fingerprint density at radius 1 is 1.54 bits per heavy atom. The molecule has 0 spiro atoms. The molecule has 0 aliphatic heterocycles. The first-order valence-electron chi connectivity index (χ1n) is 3.34. The molecule has 72 valence electrons. The first-order chi connectivity index (χ1) is 6.07. The molecule has 0 bridgehead atoms. The van der Waals surface area contributed by atoms with Crippen LogP contribution >= 0.6 is 31.9 Å². The molecule has 0 aliphatic carbocycles. The standard InChI is InChI=1S/C7H6Br2F2N2/c8-1-3-4(9)2-13-6(5(3)12)7(10)11/h2,7H,1,12H2. The number of pyridine rings is 1. The maximum Gasteiger partial charge on any atom is 0.282 e. The van der Waals surface area contributed by atoms with E-state index in [0.29, 0.717) is 15.4 Å². The third-order valence-corrected chi connectivity index (χ3v) is 2.79. The van der Waals surface area contributed by atoms with Gasteiger partial charge in [-0.2, -0.15) is 0 Å². The van der Waals surface area contributed by atoms with Crippen molar-refractivity contribution in [2.45, 2.75) is 11.8 Å². The van der Waals surface area contributed by atoms with Crippen molar-refractivity contribution in [3.05, 3.63) is 21.9 Å². The van der Waals surface area contributed by atoms with E-state index in [1.807, 2.05) is 0 Å². The first kappa shape index (κ1) is 10.8. The van der Waals surface area contributed by atoms with Crippen molar-refractivity contribution in [2.24, 2.45) is 0 Å². The molecule has 2 N–H and O–H groups in total. The molecule has 0 saturated heterocycles. The summed E-state index contributed by atoms with van der Waals surface area (Å²) in [5.74, 6) is 0. The molecular formula is C7H6Br2F2N2. The summed E-state index contributed by atoms with van der Waals surface area (Å²) in [6.07, 6.45) is -1.31. The van der Waals surface area contributed by atoms with E-state index >= 15 is 0 Å². The van der Waals surface area contributed by atoms with Crippen LogP contribution in [0.1, 0.15) is 17.7 Å². The molecule has 6 heteroatoms. The number of aromatic nitrogens is 1. The van der Waals surface area contributed by atoms with Gasteiger partial charge in [0.05, 0.1) is 5.69 Å². The quantitative estimate of drug-likeness (QED) is 0.851. The van der Waals surface area contributed by atoms with Gasteiger partial charge in [-0.25, -0.2) is 8.78 Å². The predicted molar refractivity (Wildman–Crippen MR) is 53.9 cm³/mol. The van der Waals surface area contributed by atoms with Crippen LogP contribution in [0.4, 0.5) is 14.5 Å². The average Bonchev–Trinajstić information content (AvgIpc) is 2.04. The van der Waals surface area contributed by atoms with Crippen molar-refractivity contribution < 1.29 is 8.78 Å². The van der Waals surface area contributed by atoms with E-state index < -0.39 is 6.43 Å². The summed E-state index contributed by atoms with van der Waals surface area (Å²) < 4.78 is 25.2. The number of alkyl halides is 3. The lowest BCUT2D eigenvalue weighted by Gasteiger charge is -2.08. The van der Waals surface area contributed by atoms with Gasteiger partial charge in [-0.1, -0.05) is 15.9 Å². The van der Waals surface area contributed by atoms with Gasteiger partial charge in [0.1, 0.15) is 5.69 Å². The van der Waals surface area contributed by atoms with Crippen LogP contribution in [0.15, 0.2) is 10.7 Å². The fourth-order valence-electron chi connectivity index (χ4n) is 0.867. The zero-order chi connectivity index (χ0) is 10.0. The van der Waals surface area contributed by atoms with Crippen molar-refractivity contribution in [3.8, 4) is 0 Å². The molecule has 0 radical (unpaired) electrons. The molecule has 0 aliphatic rings. The number of rotatable bonds is 2. The van der Waals surface area contributed by atoms with E-state index in [1.165, 1.54) is 6.20 Å². The molecular weight excluding hydrogens is 310 g/mol. The number of anilines is 1. The molecule has 0 fully saturated rings. The molecule has 1 heterocycles. The Labute approximate surface area is 90.8 Å². The number of nitrogen functional groups attached to an aromatic ring is 1. The summed E-state index contributed by atoms with van der Waals surface area (Å²) in [5, 5.41) is 0.418. The number of halogens is 4. The lowest BCUT2D eigenvalue weighted by atomic mass is 10.2. The lowest BCUT2D eigenvalue weighted by molar-refractivity contribution is 0.147. The molecule has 13 heavy (non-hydrogen) atoms. The number of hydrogen-bond donors (Lipinski definition) is 1. The average molecular weight is 316 g/mol. The van der Waals surface area contributed by atoms with Crippen LogP contribution < -0.4 is 5.73 Å². The van der Waals surface area contributed by atoms with Crippen LogP contribution in [0.3, 0.4) is 0 Å². The monoisotopic (exact) mass is 314 g/mol. The molecule has 0 aromatic carbocycles. The molecule has 2 nitrogen and oxygen atoms in total. The van der Waals surface area contributed by atoms with Gasteiger partial charge in [0, 0.05) is 21.6 Å². The van der Waals surface area contributed by atoms with Crippen molar-refractivity contribution in [1.82, 2.24) is 4.98 Å². The molecule has 0 unspecified atom stereocenters. The van der Waals surface area contributed by atoms with Gasteiger partial charge in [-0.3, -0.25) is 4.98 Å². The highest BCUT2D eigenvalue weighted by molar-refractivity contribution is 9.10. The van der Waals surface area contributed by atoms with Crippen molar-refractivity contribution in [2.75, 3.05) is 5.73 Å². The summed E-state index contributed by atoms with van der Waals surface area (Å²) in [4.78, 5) is 3.54. The zero-order valence-corrected chi connectivity index (χ0v) is 9.57. The Hall–Kier alpha value is -0.230. The van der Waals surface area contributed by atoms with Gasteiger partial charge in [0.2, 0.25) is 0 Å². The van der Waals surface area contributed by atoms with Crippen LogP contribution in [-0.4, -0.2) is 4.98 Å². The lowest BCUT2D eigenvalue weighted by Crippen LogP contribution is -2.02. The summed E-state index contributed by atoms with van der Waals surface area (Å²) in [7, 11) is 0. The predicted octanol–water partition coefficient (Wildman–Crippen LogP) is 3.26. The van der Waals surface area contributed by atoms with E-state index in [4.69, 9.17) is 5.73 Å². The Bertz CT molecular complexity index is 318. The molecule has 0 amide bonds. The zero-order valence-electron chi connectivity index (χ0n) is 6.40. The van der Waals surface area contributed by atoms with Gasteiger partial charge in [0.15, 0.2) is 0 Å². The molecule has 1 rings (SSSR count). The second kappa shape index (κ2) is 4.32. The van der Waals surface area contributed by atoms with E-state index in [1.54, 1.807) is 0 Å².